The van der Waals surface area contributed by atoms with Gasteiger partial charge in [0.05, 0.1) is 19.3 Å². The number of aryl methyl sites for hydroxylation is 1. The van der Waals surface area contributed by atoms with E-state index >= 15 is 0 Å². The average molecular weight is 498 g/mol. The van der Waals surface area contributed by atoms with E-state index in [1.54, 1.807) is 6.08 Å². The number of piperidine rings is 1. The SMILES string of the molecule is Cc1ccc([C@@H](CN2CCOCC2)NC(=O)C2CCN(S(=O)(=O)/C=C/c3ccccc3)CC2)cc1. The molecular formula is C27H35N3O4S. The van der Waals surface area contributed by atoms with E-state index in [9.17, 15) is 13.2 Å². The topological polar surface area (TPSA) is 79.0 Å². The van der Waals surface area contributed by atoms with E-state index in [1.165, 1.54) is 15.3 Å². The molecule has 0 radical (unpaired) electrons. The minimum absolute atomic E-state index is 0.000657. The molecule has 4 rings (SSSR count). The van der Waals surface area contributed by atoms with Gasteiger partial charge in [0.2, 0.25) is 15.9 Å². The van der Waals surface area contributed by atoms with Gasteiger partial charge in [-0.2, -0.15) is 4.31 Å². The fraction of sp³-hybridized carbons (Fsp3) is 0.444. The molecular weight excluding hydrogens is 462 g/mol. The molecule has 1 amide bonds. The van der Waals surface area contributed by atoms with Crippen LogP contribution in [0.15, 0.2) is 60.0 Å². The molecule has 2 aromatic rings. The van der Waals surface area contributed by atoms with E-state index in [-0.39, 0.29) is 17.9 Å². The Morgan fingerprint density at radius 2 is 1.69 bits per heavy atom. The summed E-state index contributed by atoms with van der Waals surface area (Å²) in [6, 6.07) is 17.6. The molecule has 0 bridgehead atoms. The summed E-state index contributed by atoms with van der Waals surface area (Å²) in [7, 11) is -3.52. The van der Waals surface area contributed by atoms with Crippen LogP contribution in [0.4, 0.5) is 0 Å². The number of carbonyl (C=O) groups is 1. The van der Waals surface area contributed by atoms with E-state index in [0.717, 1.165) is 30.8 Å². The summed E-state index contributed by atoms with van der Waals surface area (Å²) in [6.07, 6.45) is 2.65. The number of hydrogen-bond donors (Lipinski definition) is 1. The molecule has 35 heavy (non-hydrogen) atoms. The number of amides is 1. The van der Waals surface area contributed by atoms with Gasteiger partial charge >= 0.3 is 0 Å². The maximum Gasteiger partial charge on any atom is 0.236 e. The van der Waals surface area contributed by atoms with Crippen molar-refractivity contribution in [1.29, 1.82) is 0 Å². The second-order valence-electron chi connectivity index (χ2n) is 9.32. The number of sulfonamides is 1. The summed E-state index contributed by atoms with van der Waals surface area (Å²) in [4.78, 5) is 15.5. The molecule has 2 fully saturated rings. The summed E-state index contributed by atoms with van der Waals surface area (Å²) in [5.41, 5.74) is 3.11. The second-order valence-corrected chi connectivity index (χ2v) is 11.1. The van der Waals surface area contributed by atoms with Crippen LogP contribution in [0.3, 0.4) is 0 Å². The molecule has 0 unspecified atom stereocenters. The summed E-state index contributed by atoms with van der Waals surface area (Å²) < 4.78 is 32.5. The zero-order valence-corrected chi connectivity index (χ0v) is 21.1. The van der Waals surface area contributed by atoms with Crippen molar-refractivity contribution >= 4 is 22.0 Å². The van der Waals surface area contributed by atoms with Crippen molar-refractivity contribution in [2.24, 2.45) is 5.92 Å². The van der Waals surface area contributed by atoms with Crippen LogP contribution in [0.25, 0.3) is 6.08 Å². The number of nitrogens with one attached hydrogen (secondary N) is 1. The molecule has 0 saturated carbocycles. The van der Waals surface area contributed by atoms with Gasteiger partial charge in [0.1, 0.15) is 0 Å². The normalized spacial score (nSPS) is 19.6. The van der Waals surface area contributed by atoms with Gasteiger partial charge < -0.3 is 10.1 Å². The number of morpholine rings is 1. The van der Waals surface area contributed by atoms with Gasteiger partial charge in [-0.1, -0.05) is 60.2 Å². The highest BCUT2D eigenvalue weighted by molar-refractivity contribution is 7.92. The summed E-state index contributed by atoms with van der Waals surface area (Å²) in [5, 5.41) is 4.53. The van der Waals surface area contributed by atoms with E-state index < -0.39 is 10.0 Å². The molecule has 8 heteroatoms. The maximum atomic E-state index is 13.2. The number of benzene rings is 2. The zero-order valence-electron chi connectivity index (χ0n) is 20.3. The highest BCUT2D eigenvalue weighted by Crippen LogP contribution is 2.23. The molecule has 2 aliphatic rings. The van der Waals surface area contributed by atoms with Crippen molar-refractivity contribution < 1.29 is 17.9 Å². The molecule has 2 saturated heterocycles. The maximum absolute atomic E-state index is 13.2. The van der Waals surface area contributed by atoms with Crippen LogP contribution >= 0.6 is 0 Å². The summed E-state index contributed by atoms with van der Waals surface area (Å²) in [6.45, 7) is 6.60. The quantitative estimate of drug-likeness (QED) is 0.606. The smallest absolute Gasteiger partial charge is 0.236 e. The molecule has 2 aromatic carbocycles. The molecule has 2 heterocycles. The summed E-state index contributed by atoms with van der Waals surface area (Å²) >= 11 is 0. The molecule has 1 atom stereocenters. The minimum Gasteiger partial charge on any atom is -0.379 e. The lowest BCUT2D eigenvalue weighted by Crippen LogP contribution is -2.46. The third-order valence-corrected chi connectivity index (χ3v) is 8.32. The van der Waals surface area contributed by atoms with Crippen LogP contribution in [0.1, 0.15) is 35.6 Å². The molecule has 7 nitrogen and oxygen atoms in total. The Balaban J connectivity index is 1.36. The Morgan fingerprint density at radius 1 is 1.03 bits per heavy atom. The van der Waals surface area contributed by atoms with Crippen LogP contribution in [0.5, 0.6) is 0 Å². The predicted octanol–water partition coefficient (Wildman–Crippen LogP) is 3.20. The zero-order chi connectivity index (χ0) is 24.7. The first-order chi connectivity index (χ1) is 16.9. The first-order valence-electron chi connectivity index (χ1n) is 12.3. The molecule has 0 aromatic heterocycles. The predicted molar refractivity (Wildman–Crippen MR) is 138 cm³/mol. The van der Waals surface area contributed by atoms with Crippen molar-refractivity contribution in [2.75, 3.05) is 45.9 Å². The number of nitrogens with zero attached hydrogens (tertiary/aromatic N) is 2. The molecule has 0 spiro atoms. The lowest BCUT2D eigenvalue weighted by atomic mass is 9.96. The highest BCUT2D eigenvalue weighted by atomic mass is 32.2. The van der Waals surface area contributed by atoms with Crippen LogP contribution in [-0.4, -0.2) is 69.5 Å². The second kappa shape index (κ2) is 11.9. The first kappa shape index (κ1) is 25.6. The van der Waals surface area contributed by atoms with Crippen molar-refractivity contribution in [3.8, 4) is 0 Å². The van der Waals surface area contributed by atoms with E-state index in [2.05, 4.69) is 41.4 Å². The van der Waals surface area contributed by atoms with Crippen molar-refractivity contribution in [3.05, 3.63) is 76.7 Å². The van der Waals surface area contributed by atoms with E-state index in [1.807, 2.05) is 30.3 Å². The minimum atomic E-state index is -3.52. The largest absolute Gasteiger partial charge is 0.379 e. The van der Waals surface area contributed by atoms with E-state index in [4.69, 9.17) is 4.74 Å². The van der Waals surface area contributed by atoms with Crippen LogP contribution in [-0.2, 0) is 19.6 Å². The number of ether oxygens (including phenoxy) is 1. The fourth-order valence-electron chi connectivity index (χ4n) is 4.55. The molecule has 2 aliphatic heterocycles. The standard InChI is InChI=1S/C27H35N3O4S/c1-22-7-9-24(10-8-22)26(21-29-16-18-34-19-17-29)28-27(31)25-11-14-30(15-12-25)35(32,33)20-13-23-5-3-2-4-6-23/h2-10,13,20,25-26H,11-12,14-19,21H2,1H3,(H,28,31)/b20-13+/t26-/m1/s1. The Bertz CT molecular complexity index is 1090. The van der Waals surface area contributed by atoms with Gasteiger partial charge in [-0.05, 0) is 37.0 Å². The third kappa shape index (κ3) is 7.24. The molecule has 0 aliphatic carbocycles. The Morgan fingerprint density at radius 3 is 2.34 bits per heavy atom. The van der Waals surface area contributed by atoms with Gasteiger partial charge in [-0.25, -0.2) is 8.42 Å². The lowest BCUT2D eigenvalue weighted by molar-refractivity contribution is -0.127. The van der Waals surface area contributed by atoms with Crippen LogP contribution < -0.4 is 5.32 Å². The van der Waals surface area contributed by atoms with Crippen molar-refractivity contribution in [2.45, 2.75) is 25.8 Å². The molecule has 1 N–H and O–H groups in total. The fourth-order valence-corrected chi connectivity index (χ4v) is 5.77. The van der Waals surface area contributed by atoms with Gasteiger partial charge in [0.25, 0.3) is 0 Å². The lowest BCUT2D eigenvalue weighted by Gasteiger charge is -2.33. The Hall–Kier alpha value is -2.52. The first-order valence-corrected chi connectivity index (χ1v) is 13.8. The van der Waals surface area contributed by atoms with E-state index in [0.29, 0.717) is 39.1 Å². The summed E-state index contributed by atoms with van der Waals surface area (Å²) in [5.74, 6) is -0.196. The monoisotopic (exact) mass is 497 g/mol. The third-order valence-electron chi connectivity index (χ3n) is 6.76. The number of hydrogen-bond acceptors (Lipinski definition) is 5. The van der Waals surface area contributed by atoms with Gasteiger partial charge in [0.15, 0.2) is 0 Å². The average Bonchev–Trinajstić information content (AvgIpc) is 2.89. The van der Waals surface area contributed by atoms with Gasteiger partial charge in [-0.3, -0.25) is 9.69 Å². The highest BCUT2D eigenvalue weighted by Gasteiger charge is 2.31. The Labute approximate surface area is 208 Å². The van der Waals surface area contributed by atoms with Crippen molar-refractivity contribution in [1.82, 2.24) is 14.5 Å². The number of carbonyl (C=O) groups excluding carboxylic acids is 1. The van der Waals surface area contributed by atoms with Gasteiger partial charge in [0, 0.05) is 44.0 Å². The molecule has 188 valence electrons. The Kier molecular flexibility index (Phi) is 8.73. The van der Waals surface area contributed by atoms with Gasteiger partial charge in [-0.15, -0.1) is 0 Å². The van der Waals surface area contributed by atoms with Crippen molar-refractivity contribution in [3.63, 3.8) is 0 Å². The van der Waals surface area contributed by atoms with Crippen LogP contribution in [0.2, 0.25) is 0 Å². The number of rotatable bonds is 8. The van der Waals surface area contributed by atoms with Crippen LogP contribution in [0, 0.1) is 12.8 Å².